The Bertz CT molecular complexity index is 982. The van der Waals surface area contributed by atoms with Gasteiger partial charge in [0.2, 0.25) is 5.89 Å². The molecule has 1 heterocycles. The molecule has 1 amide bonds. The molecule has 0 radical (unpaired) electrons. The van der Waals surface area contributed by atoms with Crippen molar-refractivity contribution in [3.8, 4) is 11.5 Å². The van der Waals surface area contributed by atoms with Gasteiger partial charge in [-0.15, -0.1) is 0 Å². The van der Waals surface area contributed by atoms with E-state index in [4.69, 9.17) is 16.0 Å². The molecule has 0 spiro atoms. The van der Waals surface area contributed by atoms with Crippen LogP contribution in [-0.2, 0) is 4.79 Å². The maximum Gasteiger partial charge on any atom is 0.471 e. The molecule has 136 valence electrons. The lowest BCUT2D eigenvalue weighted by atomic mass is 10.1. The number of nitrogens with zero attached hydrogens (tertiary/aromatic N) is 2. The van der Waals surface area contributed by atoms with Gasteiger partial charge in [0.25, 0.3) is 0 Å². The first-order valence-electron chi connectivity index (χ1n) is 7.76. The Morgan fingerprint density at radius 2 is 1.96 bits per heavy atom. The third kappa shape index (κ3) is 3.39. The van der Waals surface area contributed by atoms with Gasteiger partial charge >= 0.3 is 12.1 Å². The second-order valence-corrected chi connectivity index (χ2v) is 6.09. The van der Waals surface area contributed by atoms with Crippen molar-refractivity contribution in [2.75, 3.05) is 11.4 Å². The molecule has 0 bridgehead atoms. The molecule has 8 heteroatoms. The highest BCUT2D eigenvalue weighted by atomic mass is 35.5. The Morgan fingerprint density at radius 1 is 1.23 bits per heavy atom. The summed E-state index contributed by atoms with van der Waals surface area (Å²) < 4.78 is 43.9. The molecular weight excluding hydrogens is 369 g/mol. The number of carbonyl (C=O) groups is 1. The minimum Gasteiger partial charge on any atom is -0.436 e. The van der Waals surface area contributed by atoms with Gasteiger partial charge in [-0.25, -0.2) is 4.98 Å². The van der Waals surface area contributed by atoms with E-state index in [1.807, 2.05) is 13.0 Å². The molecule has 0 atom stereocenters. The maximum atomic E-state index is 12.7. The summed E-state index contributed by atoms with van der Waals surface area (Å²) >= 11 is 6.11. The fourth-order valence-electron chi connectivity index (χ4n) is 2.53. The summed E-state index contributed by atoms with van der Waals surface area (Å²) in [5, 5.41) is 0.554. The largest absolute Gasteiger partial charge is 0.471 e. The maximum absolute atomic E-state index is 12.7. The molecule has 0 saturated heterocycles. The Labute approximate surface area is 152 Å². The van der Waals surface area contributed by atoms with Crippen LogP contribution in [-0.4, -0.2) is 23.6 Å². The van der Waals surface area contributed by atoms with E-state index in [1.165, 1.54) is 25.1 Å². The second-order valence-electron chi connectivity index (χ2n) is 5.68. The average molecular weight is 383 g/mol. The van der Waals surface area contributed by atoms with E-state index in [9.17, 15) is 18.0 Å². The number of aryl methyl sites for hydroxylation is 1. The summed E-state index contributed by atoms with van der Waals surface area (Å²) in [6.45, 7) is 3.21. The van der Waals surface area contributed by atoms with Gasteiger partial charge in [0.1, 0.15) is 5.52 Å². The van der Waals surface area contributed by atoms with E-state index in [0.717, 1.165) is 5.56 Å². The summed E-state index contributed by atoms with van der Waals surface area (Å²) in [5.41, 5.74) is 2.40. The average Bonchev–Trinajstić information content (AvgIpc) is 3.00. The lowest BCUT2D eigenvalue weighted by molar-refractivity contribution is -0.170. The lowest BCUT2D eigenvalue weighted by Crippen LogP contribution is -2.41. The summed E-state index contributed by atoms with van der Waals surface area (Å²) in [7, 11) is 0. The normalized spacial score (nSPS) is 11.8. The van der Waals surface area contributed by atoms with Gasteiger partial charge in [0, 0.05) is 22.8 Å². The van der Waals surface area contributed by atoms with Crippen LogP contribution in [0.4, 0.5) is 18.9 Å². The van der Waals surface area contributed by atoms with E-state index in [1.54, 1.807) is 12.1 Å². The predicted octanol–water partition coefficient (Wildman–Crippen LogP) is 5.37. The molecule has 0 unspecified atom stereocenters. The number of hydrogen-bond acceptors (Lipinski definition) is 3. The van der Waals surface area contributed by atoms with E-state index >= 15 is 0 Å². The number of benzene rings is 2. The van der Waals surface area contributed by atoms with Crippen LogP contribution >= 0.6 is 11.6 Å². The van der Waals surface area contributed by atoms with Crippen LogP contribution in [0.1, 0.15) is 12.5 Å². The molecule has 3 aromatic rings. The van der Waals surface area contributed by atoms with Crippen LogP contribution in [0.2, 0.25) is 5.02 Å². The summed E-state index contributed by atoms with van der Waals surface area (Å²) in [5.74, 6) is -1.63. The van der Waals surface area contributed by atoms with Crippen LogP contribution in [0.5, 0.6) is 0 Å². The molecular formula is C18H14ClF3N2O2. The smallest absolute Gasteiger partial charge is 0.436 e. The minimum atomic E-state index is -4.95. The van der Waals surface area contributed by atoms with Crippen LogP contribution in [0.3, 0.4) is 0 Å². The number of hydrogen-bond donors (Lipinski definition) is 0. The Hall–Kier alpha value is -2.54. The van der Waals surface area contributed by atoms with Crippen LogP contribution in [0, 0.1) is 6.92 Å². The van der Waals surface area contributed by atoms with Crippen LogP contribution in [0.25, 0.3) is 22.6 Å². The zero-order valence-corrected chi connectivity index (χ0v) is 14.6. The number of anilines is 1. The summed E-state index contributed by atoms with van der Waals surface area (Å²) in [6.07, 6.45) is -4.95. The fraction of sp³-hybridized carbons (Fsp3) is 0.222. The van der Waals surface area contributed by atoms with E-state index in [2.05, 4.69) is 4.98 Å². The molecule has 2 aromatic carbocycles. The topological polar surface area (TPSA) is 46.3 Å². The fourth-order valence-corrected chi connectivity index (χ4v) is 2.71. The zero-order valence-electron chi connectivity index (χ0n) is 13.9. The Kier molecular flexibility index (Phi) is 4.66. The number of oxazole rings is 1. The van der Waals surface area contributed by atoms with Gasteiger partial charge in [-0.2, -0.15) is 13.2 Å². The Morgan fingerprint density at radius 3 is 2.58 bits per heavy atom. The van der Waals surface area contributed by atoms with Crippen molar-refractivity contribution in [2.24, 2.45) is 0 Å². The highest BCUT2D eigenvalue weighted by molar-refractivity contribution is 6.31. The van der Waals surface area contributed by atoms with Crippen molar-refractivity contribution >= 4 is 34.3 Å². The summed E-state index contributed by atoms with van der Waals surface area (Å²) in [6, 6.07) is 9.59. The van der Waals surface area contributed by atoms with Crippen molar-refractivity contribution in [1.29, 1.82) is 0 Å². The molecule has 4 nitrogen and oxygen atoms in total. The van der Waals surface area contributed by atoms with Gasteiger partial charge in [-0.3, -0.25) is 4.79 Å². The number of alkyl halides is 3. The van der Waals surface area contributed by atoms with Gasteiger partial charge < -0.3 is 9.32 Å². The quantitative estimate of drug-likeness (QED) is 0.611. The standard InChI is InChI=1S/C18H14ClF3N2O2/c1-3-24(17(25)18(20,21)22)12-6-7-15-14(9-12)23-16(26-15)11-5-4-10(2)13(19)8-11/h4-9H,3H2,1-2H3. The molecule has 0 aliphatic heterocycles. The second kappa shape index (κ2) is 6.64. The van der Waals surface area contributed by atoms with E-state index in [-0.39, 0.29) is 12.2 Å². The molecule has 0 N–H and O–H groups in total. The first-order valence-corrected chi connectivity index (χ1v) is 8.14. The molecule has 0 saturated carbocycles. The first-order chi connectivity index (χ1) is 12.2. The molecule has 0 fully saturated rings. The van der Waals surface area contributed by atoms with Crippen LogP contribution < -0.4 is 4.90 Å². The highest BCUT2D eigenvalue weighted by Gasteiger charge is 2.42. The zero-order chi connectivity index (χ0) is 19.1. The van der Waals surface area contributed by atoms with Crippen molar-refractivity contribution in [2.45, 2.75) is 20.0 Å². The molecule has 1 aromatic heterocycles. The first kappa shape index (κ1) is 18.3. The third-order valence-corrected chi connectivity index (χ3v) is 4.31. The summed E-state index contributed by atoms with van der Waals surface area (Å²) in [4.78, 5) is 16.5. The van der Waals surface area contributed by atoms with Crippen molar-refractivity contribution in [3.63, 3.8) is 0 Å². The van der Waals surface area contributed by atoms with Gasteiger partial charge in [-0.05, 0) is 49.7 Å². The van der Waals surface area contributed by atoms with E-state index in [0.29, 0.717) is 32.5 Å². The van der Waals surface area contributed by atoms with Crippen molar-refractivity contribution < 1.29 is 22.4 Å². The minimum absolute atomic E-state index is 0.101. The number of halogens is 4. The highest BCUT2D eigenvalue weighted by Crippen LogP contribution is 2.31. The number of amides is 1. The van der Waals surface area contributed by atoms with Gasteiger partial charge in [0.15, 0.2) is 5.58 Å². The number of rotatable bonds is 3. The van der Waals surface area contributed by atoms with Gasteiger partial charge in [0.05, 0.1) is 0 Å². The molecule has 0 aliphatic rings. The molecule has 26 heavy (non-hydrogen) atoms. The Balaban J connectivity index is 2.01. The molecule has 0 aliphatic carbocycles. The monoisotopic (exact) mass is 382 g/mol. The van der Waals surface area contributed by atoms with Gasteiger partial charge in [-0.1, -0.05) is 17.7 Å². The predicted molar refractivity (Wildman–Crippen MR) is 93.3 cm³/mol. The lowest BCUT2D eigenvalue weighted by Gasteiger charge is -2.21. The van der Waals surface area contributed by atoms with E-state index < -0.39 is 12.1 Å². The molecule has 3 rings (SSSR count). The SMILES string of the molecule is CCN(C(=O)C(F)(F)F)c1ccc2oc(-c3ccc(C)c(Cl)c3)nc2c1. The van der Waals surface area contributed by atoms with Crippen molar-refractivity contribution in [1.82, 2.24) is 4.98 Å². The number of aromatic nitrogens is 1. The third-order valence-electron chi connectivity index (χ3n) is 3.91. The van der Waals surface area contributed by atoms with Crippen molar-refractivity contribution in [3.05, 3.63) is 47.0 Å². The number of fused-ring (bicyclic) bond motifs is 1. The van der Waals surface area contributed by atoms with Crippen LogP contribution in [0.15, 0.2) is 40.8 Å². The number of carbonyl (C=O) groups excluding carboxylic acids is 1.